The number of aromatic nitrogens is 2. The van der Waals surface area contributed by atoms with E-state index in [0.29, 0.717) is 0 Å². The van der Waals surface area contributed by atoms with E-state index in [1.807, 2.05) is 11.6 Å². The monoisotopic (exact) mass is 305 g/mol. The Labute approximate surface area is 115 Å². The van der Waals surface area contributed by atoms with Gasteiger partial charge in [0.2, 0.25) is 0 Å². The van der Waals surface area contributed by atoms with Crippen LogP contribution in [0.2, 0.25) is 0 Å². The molecule has 2 N–H and O–H groups in total. The molecule has 1 aliphatic carbocycles. The second-order valence-electron chi connectivity index (χ2n) is 4.99. The SMILES string of the molecule is Cc1ccc2c(c1)C(n1nc(C)c(Br)c1N)CC2. The molecule has 1 aromatic heterocycles. The predicted molar refractivity (Wildman–Crippen MR) is 76.7 cm³/mol. The third-order valence-corrected chi connectivity index (χ3v) is 4.67. The van der Waals surface area contributed by atoms with Crippen LogP contribution in [0.1, 0.15) is 34.8 Å². The van der Waals surface area contributed by atoms with Gasteiger partial charge in [-0.1, -0.05) is 23.8 Å². The lowest BCUT2D eigenvalue weighted by Gasteiger charge is -2.14. The Kier molecular flexibility index (Phi) is 2.70. The van der Waals surface area contributed by atoms with Gasteiger partial charge >= 0.3 is 0 Å². The molecule has 0 saturated heterocycles. The van der Waals surface area contributed by atoms with Gasteiger partial charge in [-0.25, -0.2) is 4.68 Å². The summed E-state index contributed by atoms with van der Waals surface area (Å²) in [5.41, 5.74) is 11.2. The summed E-state index contributed by atoms with van der Waals surface area (Å²) >= 11 is 3.49. The molecule has 1 aliphatic rings. The highest BCUT2D eigenvalue weighted by atomic mass is 79.9. The van der Waals surface area contributed by atoms with Crippen LogP contribution < -0.4 is 5.73 Å². The van der Waals surface area contributed by atoms with Gasteiger partial charge in [0.05, 0.1) is 16.2 Å². The maximum atomic E-state index is 6.13. The second kappa shape index (κ2) is 4.12. The first kappa shape index (κ1) is 11.8. The molecule has 1 aromatic carbocycles. The van der Waals surface area contributed by atoms with E-state index in [9.17, 15) is 0 Å². The number of nitrogens with two attached hydrogens (primary N) is 1. The molecule has 0 amide bonds. The Balaban J connectivity index is 2.11. The number of hydrogen-bond acceptors (Lipinski definition) is 2. The molecule has 0 radical (unpaired) electrons. The Morgan fingerprint density at radius 3 is 2.83 bits per heavy atom. The van der Waals surface area contributed by atoms with Gasteiger partial charge in [0.15, 0.2) is 0 Å². The molecule has 2 aromatic rings. The van der Waals surface area contributed by atoms with Crippen LogP contribution >= 0.6 is 15.9 Å². The van der Waals surface area contributed by atoms with Crippen LogP contribution in [0.4, 0.5) is 5.82 Å². The molecule has 94 valence electrons. The summed E-state index contributed by atoms with van der Waals surface area (Å²) in [5, 5.41) is 4.57. The van der Waals surface area contributed by atoms with Crippen molar-refractivity contribution in [2.45, 2.75) is 32.7 Å². The van der Waals surface area contributed by atoms with Crippen molar-refractivity contribution in [1.82, 2.24) is 9.78 Å². The van der Waals surface area contributed by atoms with E-state index in [4.69, 9.17) is 5.73 Å². The smallest absolute Gasteiger partial charge is 0.137 e. The van der Waals surface area contributed by atoms with Crippen LogP contribution in [0.3, 0.4) is 0 Å². The zero-order valence-electron chi connectivity index (χ0n) is 10.6. The molecule has 0 saturated carbocycles. The minimum Gasteiger partial charge on any atom is -0.383 e. The lowest BCUT2D eigenvalue weighted by Crippen LogP contribution is -2.12. The van der Waals surface area contributed by atoms with Gasteiger partial charge in [-0.15, -0.1) is 0 Å². The summed E-state index contributed by atoms with van der Waals surface area (Å²) in [4.78, 5) is 0. The summed E-state index contributed by atoms with van der Waals surface area (Å²) in [6.07, 6.45) is 2.19. The average molecular weight is 306 g/mol. The summed E-state index contributed by atoms with van der Waals surface area (Å²) in [6, 6.07) is 6.95. The number of fused-ring (bicyclic) bond motifs is 1. The number of halogens is 1. The quantitative estimate of drug-likeness (QED) is 0.878. The largest absolute Gasteiger partial charge is 0.383 e. The van der Waals surface area contributed by atoms with Gasteiger partial charge in [0, 0.05) is 0 Å². The Bertz CT molecular complexity index is 616. The molecule has 1 heterocycles. The molecule has 0 spiro atoms. The molecule has 3 nitrogen and oxygen atoms in total. The third-order valence-electron chi connectivity index (χ3n) is 3.69. The van der Waals surface area contributed by atoms with Crippen LogP contribution in [-0.4, -0.2) is 9.78 Å². The second-order valence-corrected chi connectivity index (χ2v) is 5.78. The van der Waals surface area contributed by atoms with Crippen molar-refractivity contribution >= 4 is 21.7 Å². The van der Waals surface area contributed by atoms with E-state index in [0.717, 1.165) is 28.8 Å². The molecular formula is C14H16BrN3. The van der Waals surface area contributed by atoms with Gasteiger partial charge in [0.25, 0.3) is 0 Å². The van der Waals surface area contributed by atoms with Crippen molar-refractivity contribution < 1.29 is 0 Å². The lowest BCUT2D eigenvalue weighted by atomic mass is 10.1. The van der Waals surface area contributed by atoms with Gasteiger partial charge in [-0.05, 0) is 53.7 Å². The number of rotatable bonds is 1. The van der Waals surface area contributed by atoms with Gasteiger partial charge in [-0.3, -0.25) is 0 Å². The van der Waals surface area contributed by atoms with Crippen molar-refractivity contribution in [1.29, 1.82) is 0 Å². The highest BCUT2D eigenvalue weighted by Crippen LogP contribution is 2.37. The lowest BCUT2D eigenvalue weighted by molar-refractivity contribution is 0.524. The molecule has 3 rings (SSSR count). The molecule has 1 unspecified atom stereocenters. The number of nitrogens with zero attached hydrogens (tertiary/aromatic N) is 2. The average Bonchev–Trinajstić information content (AvgIpc) is 2.86. The summed E-state index contributed by atoms with van der Waals surface area (Å²) in [5.74, 6) is 0.729. The summed E-state index contributed by atoms with van der Waals surface area (Å²) in [6.45, 7) is 4.10. The van der Waals surface area contributed by atoms with Crippen molar-refractivity contribution in [3.05, 3.63) is 45.1 Å². The van der Waals surface area contributed by atoms with Crippen molar-refractivity contribution in [3.63, 3.8) is 0 Å². The third kappa shape index (κ3) is 1.67. The number of benzene rings is 1. The van der Waals surface area contributed by atoms with Crippen LogP contribution in [-0.2, 0) is 6.42 Å². The zero-order chi connectivity index (χ0) is 12.9. The van der Waals surface area contributed by atoms with Gasteiger partial charge in [-0.2, -0.15) is 5.10 Å². The fourth-order valence-corrected chi connectivity index (χ4v) is 3.00. The minimum absolute atomic E-state index is 0.282. The standard InChI is InChI=1S/C14H16BrN3/c1-8-3-4-10-5-6-12(11(10)7-8)18-14(16)13(15)9(2)17-18/h3-4,7,12H,5-6,16H2,1-2H3. The number of nitrogen functional groups attached to an aromatic ring is 1. The molecule has 18 heavy (non-hydrogen) atoms. The molecule has 0 bridgehead atoms. The molecule has 0 fully saturated rings. The highest BCUT2D eigenvalue weighted by molar-refractivity contribution is 9.10. The van der Waals surface area contributed by atoms with E-state index in [-0.39, 0.29) is 6.04 Å². The fraction of sp³-hybridized carbons (Fsp3) is 0.357. The molecule has 1 atom stereocenters. The molecule has 0 aliphatic heterocycles. The number of hydrogen-bond donors (Lipinski definition) is 1. The maximum absolute atomic E-state index is 6.13. The van der Waals surface area contributed by atoms with E-state index in [1.54, 1.807) is 0 Å². The van der Waals surface area contributed by atoms with Crippen molar-refractivity contribution in [2.24, 2.45) is 0 Å². The van der Waals surface area contributed by atoms with Crippen LogP contribution in [0.5, 0.6) is 0 Å². The predicted octanol–water partition coefficient (Wildman–Crippen LogP) is 3.38. The van der Waals surface area contributed by atoms with Crippen molar-refractivity contribution in [2.75, 3.05) is 5.73 Å². The van der Waals surface area contributed by atoms with Crippen LogP contribution in [0.25, 0.3) is 0 Å². The topological polar surface area (TPSA) is 43.8 Å². The number of aryl methyl sites for hydroxylation is 3. The summed E-state index contributed by atoms with van der Waals surface area (Å²) < 4.78 is 2.88. The van der Waals surface area contributed by atoms with E-state index in [2.05, 4.69) is 46.2 Å². The zero-order valence-corrected chi connectivity index (χ0v) is 12.2. The number of anilines is 1. The van der Waals surface area contributed by atoms with E-state index < -0.39 is 0 Å². The van der Waals surface area contributed by atoms with Gasteiger partial charge in [0.1, 0.15) is 5.82 Å². The Morgan fingerprint density at radius 1 is 1.39 bits per heavy atom. The Hall–Kier alpha value is -1.29. The van der Waals surface area contributed by atoms with Crippen molar-refractivity contribution in [3.8, 4) is 0 Å². The van der Waals surface area contributed by atoms with E-state index >= 15 is 0 Å². The minimum atomic E-state index is 0.282. The highest BCUT2D eigenvalue weighted by Gasteiger charge is 2.27. The van der Waals surface area contributed by atoms with E-state index in [1.165, 1.54) is 16.7 Å². The normalized spacial score (nSPS) is 18.1. The summed E-state index contributed by atoms with van der Waals surface area (Å²) in [7, 11) is 0. The van der Waals surface area contributed by atoms with Gasteiger partial charge < -0.3 is 5.73 Å². The van der Waals surface area contributed by atoms with Crippen LogP contribution in [0.15, 0.2) is 22.7 Å². The maximum Gasteiger partial charge on any atom is 0.137 e. The molecular weight excluding hydrogens is 290 g/mol. The first-order valence-electron chi connectivity index (χ1n) is 6.17. The van der Waals surface area contributed by atoms with Crippen LogP contribution in [0, 0.1) is 13.8 Å². The first-order valence-corrected chi connectivity index (χ1v) is 6.96. The molecule has 4 heteroatoms. The Morgan fingerprint density at radius 2 is 2.17 bits per heavy atom. The fourth-order valence-electron chi connectivity index (χ4n) is 2.74. The first-order chi connectivity index (χ1) is 8.58.